The quantitative estimate of drug-likeness (QED) is 0.451. The van der Waals surface area contributed by atoms with Crippen LogP contribution in [0.2, 0.25) is 0 Å². The Hall–Kier alpha value is -1.05. The predicted molar refractivity (Wildman–Crippen MR) is 48.7 cm³/mol. The summed E-state index contributed by atoms with van der Waals surface area (Å²) in [5, 5.41) is 0. The van der Waals surface area contributed by atoms with E-state index in [2.05, 4.69) is 4.99 Å². The first kappa shape index (κ1) is 9.95. The van der Waals surface area contributed by atoms with E-state index >= 15 is 0 Å². The van der Waals surface area contributed by atoms with Crippen LogP contribution in [0, 0.1) is 0 Å². The van der Waals surface area contributed by atoms with E-state index in [-0.39, 0.29) is 0 Å². The summed E-state index contributed by atoms with van der Waals surface area (Å²) in [6, 6.07) is 0. The van der Waals surface area contributed by atoms with Gasteiger partial charge < -0.3 is 4.74 Å². The van der Waals surface area contributed by atoms with E-state index in [1.54, 1.807) is 13.3 Å². The maximum absolute atomic E-state index is 4.98. The third-order valence-electron chi connectivity index (χ3n) is 1.33. The van der Waals surface area contributed by atoms with Crippen LogP contribution in [0.15, 0.2) is 28.6 Å². The van der Waals surface area contributed by atoms with E-state index in [0.717, 1.165) is 11.5 Å². The number of ether oxygens (including phenoxy) is 1. The van der Waals surface area contributed by atoms with Crippen LogP contribution in [0.4, 0.5) is 0 Å². The smallest absolute Gasteiger partial charge is 0.132 e. The van der Waals surface area contributed by atoms with Crippen molar-refractivity contribution in [2.24, 2.45) is 4.99 Å². The molecule has 0 unspecified atom stereocenters. The summed E-state index contributed by atoms with van der Waals surface area (Å²) in [6.45, 7) is 5.81. The molecule has 62 valence electrons. The summed E-state index contributed by atoms with van der Waals surface area (Å²) < 4.78 is 4.98. The van der Waals surface area contributed by atoms with E-state index in [1.165, 1.54) is 0 Å². The maximum atomic E-state index is 4.98. The molecule has 0 aliphatic rings. The van der Waals surface area contributed by atoms with Crippen LogP contribution in [0.25, 0.3) is 0 Å². The summed E-state index contributed by atoms with van der Waals surface area (Å²) in [5.41, 5.74) is 0.987. The second-order valence-electron chi connectivity index (χ2n) is 2.08. The Balaban J connectivity index is 4.12. The number of rotatable bonds is 3. The maximum Gasteiger partial charge on any atom is 0.132 e. The molecule has 0 heterocycles. The van der Waals surface area contributed by atoms with Gasteiger partial charge in [0.25, 0.3) is 0 Å². The zero-order valence-corrected chi connectivity index (χ0v) is 7.59. The Morgan fingerprint density at radius 1 is 1.27 bits per heavy atom. The van der Waals surface area contributed by atoms with Gasteiger partial charge in [-0.2, -0.15) is 0 Å². The van der Waals surface area contributed by atoms with Gasteiger partial charge in [-0.25, -0.2) is 0 Å². The summed E-state index contributed by atoms with van der Waals surface area (Å²) in [5.74, 6) is 0.784. The number of nitrogens with zero attached hydrogens (tertiary/aromatic N) is 1. The average Bonchev–Trinajstić information content (AvgIpc) is 2.06. The molecule has 0 aliphatic carbocycles. The molecule has 0 saturated carbocycles. The first-order valence-corrected chi connectivity index (χ1v) is 3.61. The van der Waals surface area contributed by atoms with Crippen LogP contribution in [-0.4, -0.2) is 13.3 Å². The lowest BCUT2D eigenvalue weighted by atomic mass is 10.4. The predicted octanol–water partition coefficient (Wildman–Crippen LogP) is 2.53. The van der Waals surface area contributed by atoms with E-state index in [9.17, 15) is 0 Å². The molecule has 0 amide bonds. The van der Waals surface area contributed by atoms with E-state index in [0.29, 0.717) is 0 Å². The van der Waals surface area contributed by atoms with Crippen LogP contribution in [0.1, 0.15) is 20.8 Å². The van der Waals surface area contributed by atoms with Crippen molar-refractivity contribution in [1.82, 2.24) is 0 Å². The van der Waals surface area contributed by atoms with Crippen molar-refractivity contribution >= 4 is 6.21 Å². The van der Waals surface area contributed by atoms with Crippen LogP contribution in [0.5, 0.6) is 0 Å². The molecule has 2 heteroatoms. The lowest BCUT2D eigenvalue weighted by Gasteiger charge is -1.96. The lowest BCUT2D eigenvalue weighted by molar-refractivity contribution is 0.316. The van der Waals surface area contributed by atoms with Crippen molar-refractivity contribution in [2.75, 3.05) is 7.11 Å². The lowest BCUT2D eigenvalue weighted by Crippen LogP contribution is -1.86. The minimum Gasteiger partial charge on any atom is -0.495 e. The van der Waals surface area contributed by atoms with E-state index < -0.39 is 0 Å². The second-order valence-corrected chi connectivity index (χ2v) is 2.08. The van der Waals surface area contributed by atoms with Gasteiger partial charge in [0.2, 0.25) is 0 Å². The Kier molecular flexibility index (Phi) is 5.17. The summed E-state index contributed by atoms with van der Waals surface area (Å²) in [7, 11) is 1.63. The molecule has 0 bridgehead atoms. The molecule has 0 fully saturated rings. The van der Waals surface area contributed by atoms with Gasteiger partial charge in [0.15, 0.2) is 0 Å². The highest BCUT2D eigenvalue weighted by atomic mass is 16.5. The molecule has 0 atom stereocenters. The molecule has 0 radical (unpaired) electrons. The Labute approximate surface area is 68.3 Å². The second kappa shape index (κ2) is 5.71. The number of hydrogen-bond acceptors (Lipinski definition) is 2. The molecule has 11 heavy (non-hydrogen) atoms. The highest BCUT2D eigenvalue weighted by Gasteiger charge is 1.85. The fourth-order valence-corrected chi connectivity index (χ4v) is 0.485. The summed E-state index contributed by atoms with van der Waals surface area (Å²) in [6.07, 6.45) is 5.52. The van der Waals surface area contributed by atoms with Gasteiger partial charge in [-0.15, -0.1) is 0 Å². The Morgan fingerprint density at radius 2 is 1.91 bits per heavy atom. The van der Waals surface area contributed by atoms with Crippen molar-refractivity contribution < 1.29 is 4.74 Å². The molecule has 0 saturated heterocycles. The van der Waals surface area contributed by atoms with E-state index in [1.807, 2.05) is 32.9 Å². The van der Waals surface area contributed by atoms with Crippen molar-refractivity contribution in [1.29, 1.82) is 0 Å². The van der Waals surface area contributed by atoms with Crippen molar-refractivity contribution in [2.45, 2.75) is 20.8 Å². The van der Waals surface area contributed by atoms with Crippen LogP contribution in [0.3, 0.4) is 0 Å². The van der Waals surface area contributed by atoms with Gasteiger partial charge in [0.1, 0.15) is 5.76 Å². The molecular weight excluding hydrogens is 138 g/mol. The molecule has 0 aliphatic heterocycles. The average molecular weight is 153 g/mol. The third-order valence-corrected chi connectivity index (χ3v) is 1.33. The molecule has 0 aromatic heterocycles. The van der Waals surface area contributed by atoms with Crippen molar-refractivity contribution in [3.63, 3.8) is 0 Å². The molecule has 0 N–H and O–H groups in total. The van der Waals surface area contributed by atoms with Gasteiger partial charge in [-0.05, 0) is 26.8 Å². The van der Waals surface area contributed by atoms with Crippen LogP contribution >= 0.6 is 0 Å². The monoisotopic (exact) mass is 153 g/mol. The SMILES string of the molecule is C\C=C(C)/N=C\C(=C/C)OC. The molecule has 0 rings (SSSR count). The normalized spacial score (nSPS) is 14.2. The van der Waals surface area contributed by atoms with Crippen molar-refractivity contribution in [3.05, 3.63) is 23.6 Å². The number of aliphatic imine (C=N–C) groups is 1. The molecular formula is C9H15NO. The van der Waals surface area contributed by atoms with Gasteiger partial charge >= 0.3 is 0 Å². The first-order chi connectivity index (χ1) is 5.24. The zero-order chi connectivity index (χ0) is 8.69. The van der Waals surface area contributed by atoms with Gasteiger partial charge in [0, 0.05) is 5.70 Å². The minimum absolute atomic E-state index is 0.784. The summed E-state index contributed by atoms with van der Waals surface area (Å²) >= 11 is 0. The van der Waals surface area contributed by atoms with Crippen LogP contribution in [-0.2, 0) is 4.74 Å². The van der Waals surface area contributed by atoms with Crippen molar-refractivity contribution in [3.8, 4) is 0 Å². The molecule has 2 nitrogen and oxygen atoms in total. The Bertz CT molecular complexity index is 190. The Morgan fingerprint density at radius 3 is 2.27 bits per heavy atom. The highest BCUT2D eigenvalue weighted by molar-refractivity contribution is 5.76. The van der Waals surface area contributed by atoms with Gasteiger partial charge in [-0.1, -0.05) is 6.08 Å². The fraction of sp³-hybridized carbons (Fsp3) is 0.444. The minimum atomic E-state index is 0.784. The standard InChI is InChI=1S/C9H15NO/c1-5-8(3)10-7-9(6-2)11-4/h5-7H,1-4H3/b8-5-,9-6+,10-7-. The largest absolute Gasteiger partial charge is 0.495 e. The molecule has 0 aromatic rings. The van der Waals surface area contributed by atoms with E-state index in [4.69, 9.17) is 4.74 Å². The molecule has 0 spiro atoms. The summed E-state index contributed by atoms with van der Waals surface area (Å²) in [4.78, 5) is 4.13. The van der Waals surface area contributed by atoms with Crippen LogP contribution < -0.4 is 0 Å². The third kappa shape index (κ3) is 4.37. The first-order valence-electron chi connectivity index (χ1n) is 3.61. The fourth-order valence-electron chi connectivity index (χ4n) is 0.485. The van der Waals surface area contributed by atoms with Gasteiger partial charge in [-0.3, -0.25) is 4.99 Å². The van der Waals surface area contributed by atoms with Gasteiger partial charge in [0.05, 0.1) is 13.3 Å². The number of hydrogen-bond donors (Lipinski definition) is 0. The highest BCUT2D eigenvalue weighted by Crippen LogP contribution is 1.95. The number of methoxy groups -OCH3 is 1. The number of allylic oxidation sites excluding steroid dienone is 4. The zero-order valence-electron chi connectivity index (χ0n) is 7.59. The topological polar surface area (TPSA) is 21.6 Å². The molecule has 0 aromatic carbocycles.